The van der Waals surface area contributed by atoms with Crippen LogP contribution in [0.1, 0.15) is 109 Å². The van der Waals surface area contributed by atoms with Crippen LogP contribution in [0, 0.1) is 0 Å². The van der Waals surface area contributed by atoms with E-state index < -0.39 is 0 Å². The van der Waals surface area contributed by atoms with Gasteiger partial charge in [0.05, 0.1) is 5.41 Å². The topological polar surface area (TPSA) is 12.0 Å². The van der Waals surface area contributed by atoms with Gasteiger partial charge in [-0.25, -0.2) is 0 Å². The van der Waals surface area contributed by atoms with Crippen molar-refractivity contribution < 1.29 is 0 Å². The summed E-state index contributed by atoms with van der Waals surface area (Å²) in [5, 5.41) is 6.64. The number of rotatable bonds is 4. The molecule has 6 aromatic carbocycles. The zero-order valence-electron chi connectivity index (χ0n) is 29.2. The van der Waals surface area contributed by atoms with E-state index in [9.17, 15) is 0 Å². The first-order valence-corrected chi connectivity index (χ1v) is 20.3. The van der Waals surface area contributed by atoms with Gasteiger partial charge in [-0.1, -0.05) is 130 Å². The Morgan fingerprint density at radius 2 is 1.10 bits per heavy atom. The molecule has 0 unspecified atom stereocenters. The van der Waals surface area contributed by atoms with E-state index in [0.717, 1.165) is 5.69 Å². The molecule has 2 saturated carbocycles. The fourth-order valence-electron chi connectivity index (χ4n) is 10.7. The molecule has 7 aromatic rings. The molecular formula is C49H43NS. The van der Waals surface area contributed by atoms with Crippen molar-refractivity contribution in [1.29, 1.82) is 0 Å². The van der Waals surface area contributed by atoms with Crippen LogP contribution in [0.25, 0.3) is 42.4 Å². The molecule has 51 heavy (non-hydrogen) atoms. The van der Waals surface area contributed by atoms with E-state index in [4.69, 9.17) is 0 Å². The Morgan fingerprint density at radius 3 is 1.82 bits per heavy atom. The number of fused-ring (bicyclic) bond motifs is 13. The number of anilines is 2. The number of hydrogen-bond acceptors (Lipinski definition) is 2. The van der Waals surface area contributed by atoms with E-state index in [1.54, 1.807) is 11.1 Å². The fraction of sp³-hybridized carbons (Fsp3) is 0.265. The van der Waals surface area contributed by atoms with Crippen molar-refractivity contribution in [3.63, 3.8) is 0 Å². The largest absolute Gasteiger partial charge is 0.355 e. The summed E-state index contributed by atoms with van der Waals surface area (Å²) in [6.45, 7) is 0. The molecule has 1 spiro atoms. The predicted molar refractivity (Wildman–Crippen MR) is 217 cm³/mol. The first-order valence-electron chi connectivity index (χ1n) is 19.5. The molecule has 4 aliphatic rings. The second-order valence-corrected chi connectivity index (χ2v) is 16.8. The van der Waals surface area contributed by atoms with Crippen LogP contribution in [-0.4, -0.2) is 0 Å². The Bertz CT molecular complexity index is 2420. The van der Waals surface area contributed by atoms with Gasteiger partial charge in [-0.2, -0.15) is 0 Å². The zero-order chi connectivity index (χ0) is 33.5. The van der Waals surface area contributed by atoms with Crippen molar-refractivity contribution in [1.82, 2.24) is 0 Å². The number of nitrogens with one attached hydrogen (secondary N) is 1. The van der Waals surface area contributed by atoms with Crippen molar-refractivity contribution in [2.45, 2.75) is 81.5 Å². The highest BCUT2D eigenvalue weighted by atomic mass is 32.1. The van der Waals surface area contributed by atoms with Gasteiger partial charge < -0.3 is 5.32 Å². The van der Waals surface area contributed by atoms with Crippen LogP contribution < -0.4 is 5.32 Å². The molecule has 1 heterocycles. The molecule has 1 N–H and O–H groups in total. The third-order valence-electron chi connectivity index (χ3n) is 13.1. The minimum Gasteiger partial charge on any atom is -0.355 e. The van der Waals surface area contributed by atoms with Gasteiger partial charge in [0.15, 0.2) is 0 Å². The summed E-state index contributed by atoms with van der Waals surface area (Å²) in [6, 6.07) is 47.4. The lowest BCUT2D eigenvalue weighted by atomic mass is 9.69. The maximum absolute atomic E-state index is 3.98. The Hall–Kier alpha value is -4.66. The highest BCUT2D eigenvalue weighted by Crippen LogP contribution is 2.64. The van der Waals surface area contributed by atoms with Crippen molar-refractivity contribution in [3.05, 3.63) is 155 Å². The normalized spacial score (nSPS) is 17.8. The van der Waals surface area contributed by atoms with Crippen LogP contribution in [0.2, 0.25) is 0 Å². The van der Waals surface area contributed by atoms with Gasteiger partial charge in [0, 0.05) is 37.1 Å². The summed E-state index contributed by atoms with van der Waals surface area (Å²) in [4.78, 5) is 0. The van der Waals surface area contributed by atoms with Crippen LogP contribution in [0.5, 0.6) is 0 Å². The summed E-state index contributed by atoms with van der Waals surface area (Å²) < 4.78 is 2.69. The van der Waals surface area contributed by atoms with E-state index in [0.29, 0.717) is 11.8 Å². The summed E-state index contributed by atoms with van der Waals surface area (Å²) in [6.07, 6.45) is 13.4. The highest BCUT2D eigenvalue weighted by molar-refractivity contribution is 7.25. The van der Waals surface area contributed by atoms with Crippen molar-refractivity contribution in [3.8, 4) is 22.3 Å². The van der Waals surface area contributed by atoms with Gasteiger partial charge in [-0.3, -0.25) is 0 Å². The smallest absolute Gasteiger partial charge is 0.0726 e. The maximum Gasteiger partial charge on any atom is 0.0726 e. The molecule has 0 amide bonds. The van der Waals surface area contributed by atoms with Gasteiger partial charge in [0.25, 0.3) is 0 Å². The predicted octanol–water partition coefficient (Wildman–Crippen LogP) is 14.2. The first-order chi connectivity index (χ1) is 25.3. The number of hydrogen-bond donors (Lipinski definition) is 1. The molecule has 0 bridgehead atoms. The van der Waals surface area contributed by atoms with Gasteiger partial charge >= 0.3 is 0 Å². The standard InChI is InChI=1S/C49H43NS/c1-3-12-31(13-4-1)33-22-25-36-37-26-23-34(32-14-5-2-6-15-32)29-44(37)49(43(36)28-33)41-18-9-7-17-39(41)48-42(49)19-11-20-45(48)50-35-24-27-47-40(30-35)38-16-8-10-21-46(38)51-47/h7-11,16-32,50H,1-6,12-15H2. The third kappa shape index (κ3) is 4.45. The average molecular weight is 678 g/mol. The minimum atomic E-state index is -0.336. The molecule has 1 aromatic heterocycles. The lowest BCUT2D eigenvalue weighted by Gasteiger charge is -2.32. The Morgan fingerprint density at radius 1 is 0.471 bits per heavy atom. The van der Waals surface area contributed by atoms with Crippen LogP contribution in [0.15, 0.2) is 121 Å². The fourth-order valence-corrected chi connectivity index (χ4v) is 11.8. The average Bonchev–Trinajstić information content (AvgIpc) is 3.82. The molecule has 0 aliphatic heterocycles. The minimum absolute atomic E-state index is 0.336. The quantitative estimate of drug-likeness (QED) is 0.195. The Kier molecular flexibility index (Phi) is 6.88. The molecule has 0 radical (unpaired) electrons. The lowest BCUT2D eigenvalue weighted by Crippen LogP contribution is -2.26. The van der Waals surface area contributed by atoms with E-state index in [2.05, 4.69) is 127 Å². The molecule has 0 saturated heterocycles. The van der Waals surface area contributed by atoms with Crippen LogP contribution in [0.3, 0.4) is 0 Å². The molecule has 250 valence electrons. The van der Waals surface area contributed by atoms with Crippen molar-refractivity contribution >= 4 is 42.9 Å². The van der Waals surface area contributed by atoms with Gasteiger partial charge in [-0.15, -0.1) is 11.3 Å². The summed E-state index contributed by atoms with van der Waals surface area (Å²) in [7, 11) is 0. The molecule has 2 fully saturated rings. The molecule has 1 nitrogen and oxygen atoms in total. The maximum atomic E-state index is 3.98. The van der Waals surface area contributed by atoms with Crippen LogP contribution in [-0.2, 0) is 5.41 Å². The summed E-state index contributed by atoms with van der Waals surface area (Å²) in [5.74, 6) is 1.32. The second-order valence-electron chi connectivity index (χ2n) is 15.7. The van der Waals surface area contributed by atoms with E-state index in [1.165, 1.54) is 135 Å². The monoisotopic (exact) mass is 677 g/mol. The molecule has 2 heteroatoms. The van der Waals surface area contributed by atoms with Gasteiger partial charge in [0.2, 0.25) is 0 Å². The van der Waals surface area contributed by atoms with Crippen LogP contribution in [0.4, 0.5) is 11.4 Å². The summed E-state index contributed by atoms with van der Waals surface area (Å²) >= 11 is 1.88. The van der Waals surface area contributed by atoms with Crippen molar-refractivity contribution in [2.75, 3.05) is 5.32 Å². The van der Waals surface area contributed by atoms with Gasteiger partial charge in [0.1, 0.15) is 0 Å². The zero-order valence-corrected chi connectivity index (χ0v) is 30.0. The third-order valence-corrected chi connectivity index (χ3v) is 14.2. The molecular weight excluding hydrogens is 635 g/mol. The van der Waals surface area contributed by atoms with Crippen molar-refractivity contribution in [2.24, 2.45) is 0 Å². The van der Waals surface area contributed by atoms with E-state index in [-0.39, 0.29) is 5.41 Å². The Balaban J connectivity index is 1.13. The van der Waals surface area contributed by atoms with E-state index in [1.807, 2.05) is 11.3 Å². The molecule has 4 aliphatic carbocycles. The summed E-state index contributed by atoms with van der Waals surface area (Å²) in [5.41, 5.74) is 16.5. The van der Waals surface area contributed by atoms with Crippen LogP contribution >= 0.6 is 11.3 Å². The number of benzene rings is 6. The number of thiophene rings is 1. The first kappa shape index (κ1) is 30.0. The molecule has 11 rings (SSSR count). The Labute approximate surface area is 305 Å². The lowest BCUT2D eigenvalue weighted by molar-refractivity contribution is 0.443. The van der Waals surface area contributed by atoms with E-state index >= 15 is 0 Å². The molecule has 0 atom stereocenters. The second kappa shape index (κ2) is 11.7. The van der Waals surface area contributed by atoms with Gasteiger partial charge in [-0.05, 0) is 118 Å². The highest BCUT2D eigenvalue weighted by Gasteiger charge is 2.52. The SMILES string of the molecule is c1ccc2c(c1)-c1c(Nc3ccc4sc5ccccc5c4c3)cccc1C21c2cc(C3CCCCC3)ccc2-c2ccc(C3CCCCC3)cc21.